The number of hydrogen-bond donors (Lipinski definition) is 0. The molecule has 45 heavy (non-hydrogen) atoms. The Morgan fingerprint density at radius 1 is 0.356 bits per heavy atom. The van der Waals surface area contributed by atoms with Crippen LogP contribution in [0.1, 0.15) is 22.3 Å². The van der Waals surface area contributed by atoms with Crippen LogP contribution < -0.4 is 20.7 Å². The van der Waals surface area contributed by atoms with Gasteiger partial charge in [0, 0.05) is 15.4 Å². The van der Waals surface area contributed by atoms with Gasteiger partial charge in [0.2, 0.25) is 0 Å². The third-order valence-electron chi connectivity index (χ3n) is 10.4. The van der Waals surface area contributed by atoms with Gasteiger partial charge >= 0.3 is 0 Å². The van der Waals surface area contributed by atoms with Crippen molar-refractivity contribution in [1.29, 1.82) is 0 Å². The molecule has 0 bridgehead atoms. The van der Waals surface area contributed by atoms with Crippen LogP contribution in [-0.2, 0) is 5.41 Å². The highest BCUT2D eigenvalue weighted by Gasteiger charge is 2.55. The predicted octanol–water partition coefficient (Wildman–Crippen LogP) is 7.87. The molecule has 1 aliphatic carbocycles. The highest BCUT2D eigenvalue weighted by molar-refractivity contribution is 7.99. The second-order valence-electron chi connectivity index (χ2n) is 12.3. The van der Waals surface area contributed by atoms with Crippen molar-refractivity contribution in [3.05, 3.63) is 192 Å². The molecule has 0 unspecified atom stereocenters. The van der Waals surface area contributed by atoms with E-state index in [0.29, 0.717) is 0 Å². The zero-order chi connectivity index (χ0) is 29.6. The number of rotatable bonds is 4. The van der Waals surface area contributed by atoms with Crippen molar-refractivity contribution in [1.82, 2.24) is 0 Å². The Bertz CT molecular complexity index is 2030. The van der Waals surface area contributed by atoms with Crippen LogP contribution in [0.25, 0.3) is 22.3 Å². The number of hydrogen-bond acceptors (Lipinski definition) is 1. The monoisotopic (exact) mass is 604 g/mol. The Morgan fingerprint density at radius 2 is 0.844 bits per heavy atom. The molecule has 10 rings (SSSR count). The second kappa shape index (κ2) is 9.31. The zero-order valence-corrected chi connectivity index (χ0v) is 26.4. The molecule has 0 spiro atoms. The Kier molecular flexibility index (Phi) is 5.26. The van der Waals surface area contributed by atoms with Gasteiger partial charge in [0.15, 0.2) is 8.07 Å². The molecule has 2 aliphatic heterocycles. The first-order valence-corrected chi connectivity index (χ1v) is 18.5. The Labute approximate surface area is 269 Å². The molecular formula is C43H28SSi. The van der Waals surface area contributed by atoms with Crippen molar-refractivity contribution in [2.75, 3.05) is 0 Å². The van der Waals surface area contributed by atoms with Crippen LogP contribution in [0, 0.1) is 0 Å². The van der Waals surface area contributed by atoms with Crippen LogP contribution in [-0.4, -0.2) is 8.07 Å². The fraction of sp³-hybridized carbons (Fsp3) is 0.0233. The zero-order valence-electron chi connectivity index (χ0n) is 24.6. The fourth-order valence-corrected chi connectivity index (χ4v) is 15.3. The van der Waals surface area contributed by atoms with E-state index in [9.17, 15) is 0 Å². The first-order chi connectivity index (χ1) is 22.3. The van der Waals surface area contributed by atoms with Crippen molar-refractivity contribution >= 4 is 40.6 Å². The third-order valence-corrected chi connectivity index (χ3v) is 16.4. The van der Waals surface area contributed by atoms with E-state index in [0.717, 1.165) is 0 Å². The summed E-state index contributed by atoms with van der Waals surface area (Å²) in [6, 6.07) is 64.3. The lowest BCUT2D eigenvalue weighted by Crippen LogP contribution is -2.72. The van der Waals surface area contributed by atoms with E-state index in [2.05, 4.69) is 170 Å². The summed E-state index contributed by atoms with van der Waals surface area (Å²) < 4.78 is 0. The van der Waals surface area contributed by atoms with Gasteiger partial charge in [-0.15, -0.1) is 0 Å². The van der Waals surface area contributed by atoms with Gasteiger partial charge < -0.3 is 0 Å². The molecule has 2 heterocycles. The molecule has 0 fully saturated rings. The quantitative estimate of drug-likeness (QED) is 0.184. The maximum Gasteiger partial charge on any atom is 0.180 e. The molecule has 0 nitrogen and oxygen atoms in total. The fourth-order valence-electron chi connectivity index (χ4n) is 8.86. The lowest BCUT2D eigenvalue weighted by Gasteiger charge is -2.34. The van der Waals surface area contributed by atoms with E-state index < -0.39 is 13.5 Å². The summed E-state index contributed by atoms with van der Waals surface area (Å²) in [6.45, 7) is 0. The van der Waals surface area contributed by atoms with Crippen molar-refractivity contribution in [2.45, 2.75) is 15.2 Å². The van der Waals surface area contributed by atoms with Crippen LogP contribution in [0.5, 0.6) is 0 Å². The van der Waals surface area contributed by atoms with Crippen molar-refractivity contribution < 1.29 is 0 Å². The Morgan fingerprint density at radius 3 is 1.44 bits per heavy atom. The van der Waals surface area contributed by atoms with Gasteiger partial charge in [0.1, 0.15) is 0 Å². The van der Waals surface area contributed by atoms with Gasteiger partial charge in [-0.3, -0.25) is 0 Å². The van der Waals surface area contributed by atoms with E-state index in [1.807, 2.05) is 11.8 Å². The molecule has 3 aliphatic rings. The van der Waals surface area contributed by atoms with Gasteiger partial charge in [-0.25, -0.2) is 0 Å². The summed E-state index contributed by atoms with van der Waals surface area (Å²) in [5.41, 5.74) is 10.8. The third kappa shape index (κ3) is 3.09. The lowest BCUT2D eigenvalue weighted by molar-refractivity contribution is 0.767. The minimum absolute atomic E-state index is 0.405. The topological polar surface area (TPSA) is 0 Å². The summed E-state index contributed by atoms with van der Waals surface area (Å²) in [5.74, 6) is 0. The standard InChI is InChI=1S/C43H28SSi/c1-5-15-29(16-6-1)43(30-17-7-2-8-18-30)33-23-13-24-35-39(33)40-34(43)27-28-38-42(40)41-36(44-35)25-14-26-37(41)45(38,31-19-9-3-10-20-31)32-21-11-4-12-22-32/h1-28H. The first kappa shape index (κ1) is 25.4. The maximum absolute atomic E-state index is 2.61. The molecule has 7 aromatic carbocycles. The molecule has 0 saturated carbocycles. The smallest absolute Gasteiger partial charge is 0.0888 e. The summed E-state index contributed by atoms with van der Waals surface area (Å²) in [7, 11) is -2.61. The van der Waals surface area contributed by atoms with E-state index in [4.69, 9.17) is 0 Å². The van der Waals surface area contributed by atoms with Gasteiger partial charge in [-0.1, -0.05) is 169 Å². The average Bonchev–Trinajstić information content (AvgIpc) is 3.53. The van der Waals surface area contributed by atoms with Gasteiger partial charge in [0.05, 0.1) is 5.41 Å². The lowest BCUT2D eigenvalue weighted by atomic mass is 9.67. The van der Waals surface area contributed by atoms with Crippen LogP contribution in [0.15, 0.2) is 180 Å². The van der Waals surface area contributed by atoms with Crippen LogP contribution in [0.4, 0.5) is 0 Å². The van der Waals surface area contributed by atoms with Crippen molar-refractivity contribution in [3.63, 3.8) is 0 Å². The molecule has 7 aromatic rings. The Balaban J connectivity index is 1.43. The molecule has 210 valence electrons. The maximum atomic E-state index is 2.53. The van der Waals surface area contributed by atoms with Gasteiger partial charge in [-0.2, -0.15) is 0 Å². The van der Waals surface area contributed by atoms with E-state index in [1.165, 1.54) is 75.0 Å². The molecular weight excluding hydrogens is 577 g/mol. The predicted molar refractivity (Wildman–Crippen MR) is 190 cm³/mol. The Hall–Kier alpha value is -4.89. The second-order valence-corrected chi connectivity index (χ2v) is 17.2. The van der Waals surface area contributed by atoms with E-state index in [1.54, 1.807) is 0 Å². The van der Waals surface area contributed by atoms with Crippen LogP contribution in [0.3, 0.4) is 0 Å². The van der Waals surface area contributed by atoms with Gasteiger partial charge in [-0.05, 0) is 71.8 Å². The molecule has 0 amide bonds. The largest absolute Gasteiger partial charge is 0.180 e. The average molecular weight is 605 g/mol. The summed E-state index contributed by atoms with van der Waals surface area (Å²) in [6.07, 6.45) is 0. The molecule has 2 heteroatoms. The van der Waals surface area contributed by atoms with E-state index >= 15 is 0 Å². The summed E-state index contributed by atoms with van der Waals surface area (Å²) in [5, 5.41) is 5.92. The molecule has 0 atom stereocenters. The molecule has 0 saturated heterocycles. The minimum Gasteiger partial charge on any atom is -0.0888 e. The SMILES string of the molecule is c1ccc(C2(c3ccccc3)c3cccc4c3-c3c2ccc2c3-c3c(cccc3[Si]2(c2ccccc2)c2ccccc2)S4)cc1. The normalized spacial score (nSPS) is 15.4. The highest BCUT2D eigenvalue weighted by atomic mass is 32.2. The number of benzene rings is 7. The van der Waals surface area contributed by atoms with Crippen molar-refractivity contribution in [3.8, 4) is 22.3 Å². The minimum atomic E-state index is -2.61. The summed E-state index contributed by atoms with van der Waals surface area (Å²) in [4.78, 5) is 2.72. The molecule has 0 N–H and O–H groups in total. The van der Waals surface area contributed by atoms with E-state index in [-0.39, 0.29) is 0 Å². The summed E-state index contributed by atoms with van der Waals surface area (Å²) >= 11 is 1.96. The van der Waals surface area contributed by atoms with Crippen LogP contribution in [0.2, 0.25) is 0 Å². The van der Waals surface area contributed by atoms with Gasteiger partial charge in [0.25, 0.3) is 0 Å². The first-order valence-electron chi connectivity index (χ1n) is 15.7. The molecule has 0 radical (unpaired) electrons. The molecule has 0 aromatic heterocycles. The van der Waals surface area contributed by atoms with Crippen molar-refractivity contribution in [2.24, 2.45) is 0 Å². The van der Waals surface area contributed by atoms with Crippen LogP contribution >= 0.6 is 11.8 Å². The highest BCUT2D eigenvalue weighted by Crippen LogP contribution is 2.63.